The summed E-state index contributed by atoms with van der Waals surface area (Å²) >= 11 is 0.728. The molecule has 1 saturated carbocycles. The Hall–Kier alpha value is 1.27. The molecule has 0 N–H and O–H groups in total. The van der Waals surface area contributed by atoms with Gasteiger partial charge in [0.2, 0.25) is 0 Å². The molecule has 0 heterocycles. The average Bonchev–Trinajstić information content (AvgIpc) is 2.93. The van der Waals surface area contributed by atoms with Crippen LogP contribution in [-0.4, -0.2) is 22.3 Å². The van der Waals surface area contributed by atoms with E-state index in [2.05, 4.69) is 49.9 Å². The van der Waals surface area contributed by atoms with Gasteiger partial charge >= 0.3 is 166 Å². The number of alkyl halides is 1. The van der Waals surface area contributed by atoms with Crippen molar-refractivity contribution >= 4 is 41.0 Å². The standard InChI is InChI=1S/C9H14I.3C4H9.Sn/c1-7(2)6-8-4-3-5-9(8)10;3*1-3-4-2;/h8-9H,1-6H2;3*1,3-4H2,2H3;. The van der Waals surface area contributed by atoms with Crippen LogP contribution in [0.5, 0.6) is 0 Å². The van der Waals surface area contributed by atoms with Gasteiger partial charge in [-0.05, 0) is 0 Å². The summed E-state index contributed by atoms with van der Waals surface area (Å²) in [6.07, 6.45) is 14.4. The minimum atomic E-state index is -1.98. The van der Waals surface area contributed by atoms with Gasteiger partial charge in [0.15, 0.2) is 0 Å². The van der Waals surface area contributed by atoms with Crippen molar-refractivity contribution in [2.24, 2.45) is 5.92 Å². The van der Waals surface area contributed by atoms with Gasteiger partial charge in [0, 0.05) is 0 Å². The van der Waals surface area contributed by atoms with Crippen LogP contribution in [0.25, 0.3) is 0 Å². The fourth-order valence-corrected chi connectivity index (χ4v) is 22.1. The third kappa shape index (κ3) is 8.46. The van der Waals surface area contributed by atoms with Crippen LogP contribution < -0.4 is 0 Å². The molecule has 2 atom stereocenters. The molecular weight excluding hydrogens is 498 g/mol. The summed E-state index contributed by atoms with van der Waals surface area (Å²) in [5.41, 5.74) is 1.66. The molecule has 0 aromatic heterocycles. The molecule has 1 fully saturated rings. The van der Waals surface area contributed by atoms with Gasteiger partial charge in [-0.25, -0.2) is 0 Å². The third-order valence-electron chi connectivity index (χ3n) is 5.92. The number of hydrogen-bond donors (Lipinski definition) is 0. The van der Waals surface area contributed by atoms with E-state index in [0.29, 0.717) is 0 Å². The Morgan fingerprint density at radius 1 is 0.957 bits per heavy atom. The molecule has 0 bridgehead atoms. The van der Waals surface area contributed by atoms with Crippen LogP contribution in [0.1, 0.15) is 85.0 Å². The first-order chi connectivity index (χ1) is 11.1. The Morgan fingerprint density at radius 3 is 1.87 bits per heavy atom. The van der Waals surface area contributed by atoms with Crippen molar-refractivity contribution in [2.75, 3.05) is 0 Å². The predicted octanol–water partition coefficient (Wildman–Crippen LogP) is 8.39. The summed E-state index contributed by atoms with van der Waals surface area (Å²) in [6, 6.07) is 0. The van der Waals surface area contributed by atoms with E-state index in [4.69, 9.17) is 0 Å². The van der Waals surface area contributed by atoms with Gasteiger partial charge in [0.05, 0.1) is 0 Å². The molecule has 0 aromatic rings. The fourth-order valence-electron chi connectivity index (χ4n) is 4.49. The average molecular weight is 539 g/mol. The van der Waals surface area contributed by atoms with Crippen LogP contribution >= 0.6 is 22.6 Å². The molecule has 0 aliphatic heterocycles. The Labute approximate surface area is 164 Å². The second kappa shape index (κ2) is 12.6. The molecule has 0 nitrogen and oxygen atoms in total. The van der Waals surface area contributed by atoms with Gasteiger partial charge in [-0.3, -0.25) is 0 Å². The molecule has 0 amide bonds. The number of hydrogen-bond acceptors (Lipinski definition) is 0. The molecule has 0 saturated heterocycles. The van der Waals surface area contributed by atoms with E-state index < -0.39 is 18.4 Å². The summed E-state index contributed by atoms with van der Waals surface area (Å²) in [5, 5.41) is 0. The maximum absolute atomic E-state index is 4.61. The summed E-state index contributed by atoms with van der Waals surface area (Å²) in [7, 11) is 0. The van der Waals surface area contributed by atoms with Gasteiger partial charge in [0.25, 0.3) is 0 Å². The van der Waals surface area contributed by atoms with Crippen LogP contribution in [0, 0.1) is 5.92 Å². The van der Waals surface area contributed by atoms with Crippen molar-refractivity contribution in [3.63, 3.8) is 0 Å². The van der Waals surface area contributed by atoms with Crippen molar-refractivity contribution in [1.29, 1.82) is 0 Å². The van der Waals surface area contributed by atoms with E-state index in [-0.39, 0.29) is 0 Å². The van der Waals surface area contributed by atoms with Crippen molar-refractivity contribution in [3.8, 4) is 0 Å². The van der Waals surface area contributed by atoms with Crippen molar-refractivity contribution in [3.05, 3.63) is 12.2 Å². The third-order valence-corrected chi connectivity index (χ3v) is 23.2. The molecule has 136 valence electrons. The van der Waals surface area contributed by atoms with Gasteiger partial charge in [-0.1, -0.05) is 0 Å². The van der Waals surface area contributed by atoms with Gasteiger partial charge < -0.3 is 0 Å². The SMILES string of the molecule is C=C(CC1CCCC1I)[CH2][Sn]([CH2]CCC)([CH2]CCC)[CH2]CCC. The molecule has 0 spiro atoms. The molecule has 0 radical (unpaired) electrons. The quantitative estimate of drug-likeness (QED) is 0.0955. The van der Waals surface area contributed by atoms with Crippen molar-refractivity contribution in [1.82, 2.24) is 0 Å². The van der Waals surface area contributed by atoms with E-state index in [0.717, 1.165) is 9.84 Å². The normalized spacial score (nSPS) is 21.7. The maximum atomic E-state index is 4.61. The van der Waals surface area contributed by atoms with Crippen molar-refractivity contribution < 1.29 is 0 Å². The Morgan fingerprint density at radius 2 is 1.48 bits per heavy atom. The summed E-state index contributed by atoms with van der Waals surface area (Å²) < 4.78 is 7.37. The number of halogens is 1. The van der Waals surface area contributed by atoms with E-state index >= 15 is 0 Å². The Balaban J connectivity index is 2.68. The summed E-state index contributed by atoms with van der Waals surface area (Å²) in [5.74, 6) is 0.954. The zero-order chi connectivity index (χ0) is 17.1. The van der Waals surface area contributed by atoms with Gasteiger partial charge in [-0.2, -0.15) is 0 Å². The molecule has 2 heteroatoms. The molecule has 23 heavy (non-hydrogen) atoms. The first-order valence-corrected chi connectivity index (χ1v) is 19.7. The first-order valence-electron chi connectivity index (χ1n) is 10.4. The number of allylic oxidation sites excluding steroid dienone is 1. The summed E-state index contributed by atoms with van der Waals surface area (Å²) in [6.45, 7) is 11.7. The van der Waals surface area contributed by atoms with E-state index in [1.165, 1.54) is 68.6 Å². The first kappa shape index (κ1) is 22.3. The summed E-state index contributed by atoms with van der Waals surface area (Å²) in [4.78, 5) is 0. The minimum absolute atomic E-state index is 0.927. The zero-order valence-corrected chi connectivity index (χ0v) is 21.2. The zero-order valence-electron chi connectivity index (χ0n) is 16.1. The molecule has 1 rings (SSSR count). The van der Waals surface area contributed by atoms with E-state index in [9.17, 15) is 0 Å². The fraction of sp³-hybridized carbons (Fsp3) is 0.905. The molecule has 1 aliphatic carbocycles. The Bertz CT molecular complexity index is 304. The molecular formula is C21H41ISn. The monoisotopic (exact) mass is 540 g/mol. The second-order valence-electron chi connectivity index (χ2n) is 8.15. The van der Waals surface area contributed by atoms with Crippen LogP contribution in [0.15, 0.2) is 12.2 Å². The van der Waals surface area contributed by atoms with Crippen molar-refractivity contribution in [2.45, 2.75) is 107 Å². The molecule has 2 unspecified atom stereocenters. The van der Waals surface area contributed by atoms with Crippen LogP contribution in [0.4, 0.5) is 0 Å². The van der Waals surface area contributed by atoms with Crippen LogP contribution in [-0.2, 0) is 0 Å². The van der Waals surface area contributed by atoms with E-state index in [1.54, 1.807) is 18.9 Å². The number of unbranched alkanes of at least 4 members (excludes halogenated alkanes) is 3. The van der Waals surface area contributed by atoms with Gasteiger partial charge in [-0.15, -0.1) is 0 Å². The van der Waals surface area contributed by atoms with Gasteiger partial charge in [0.1, 0.15) is 0 Å². The Kier molecular flexibility index (Phi) is 12.2. The topological polar surface area (TPSA) is 0 Å². The second-order valence-corrected chi connectivity index (χ2v) is 23.6. The number of rotatable bonds is 13. The molecule has 0 aromatic carbocycles. The predicted molar refractivity (Wildman–Crippen MR) is 119 cm³/mol. The van der Waals surface area contributed by atoms with Crippen LogP contribution in [0.2, 0.25) is 17.7 Å². The molecule has 1 aliphatic rings. The van der Waals surface area contributed by atoms with Crippen LogP contribution in [0.3, 0.4) is 0 Å². The van der Waals surface area contributed by atoms with E-state index in [1.807, 2.05) is 0 Å².